The van der Waals surface area contributed by atoms with Gasteiger partial charge in [0.05, 0.1) is 13.2 Å². The molecule has 2 unspecified atom stereocenters. The summed E-state index contributed by atoms with van der Waals surface area (Å²) in [5, 5.41) is 3.68. The summed E-state index contributed by atoms with van der Waals surface area (Å²) in [6.45, 7) is 11.6. The van der Waals surface area contributed by atoms with Gasteiger partial charge in [-0.3, -0.25) is 4.90 Å². The van der Waals surface area contributed by atoms with Crippen molar-refractivity contribution in [1.82, 2.24) is 10.2 Å². The molecule has 1 aliphatic rings. The summed E-state index contributed by atoms with van der Waals surface area (Å²) in [5.74, 6) is 0. The van der Waals surface area contributed by atoms with Crippen molar-refractivity contribution in [2.45, 2.75) is 32.9 Å². The fraction of sp³-hybridized carbons (Fsp3) is 0.625. The predicted octanol–water partition coefficient (Wildman–Crippen LogP) is 2.37. The molecular formula is C16H26N2O. The molecule has 0 spiro atoms. The van der Waals surface area contributed by atoms with Crippen molar-refractivity contribution in [2.75, 3.05) is 32.8 Å². The van der Waals surface area contributed by atoms with Gasteiger partial charge < -0.3 is 10.1 Å². The van der Waals surface area contributed by atoms with Crippen LogP contribution < -0.4 is 5.32 Å². The maximum atomic E-state index is 5.38. The summed E-state index contributed by atoms with van der Waals surface area (Å²) in [5.41, 5.74) is 2.68. The molecular weight excluding hydrogens is 236 g/mol. The molecule has 2 atom stereocenters. The van der Waals surface area contributed by atoms with Gasteiger partial charge in [0.25, 0.3) is 0 Å². The number of nitrogens with zero attached hydrogens (tertiary/aromatic N) is 1. The number of aryl methyl sites for hydroxylation is 1. The number of morpholine rings is 1. The number of hydrogen-bond acceptors (Lipinski definition) is 3. The standard InChI is InChI=1S/C16H26N2O/c1-13-4-6-16(7-5-13)15(3)17-14(2)12-18-8-10-19-11-9-18/h4-7,14-15,17H,8-12H2,1-3H3. The number of nitrogens with one attached hydrogen (secondary N) is 1. The topological polar surface area (TPSA) is 24.5 Å². The number of ether oxygens (including phenoxy) is 1. The van der Waals surface area contributed by atoms with E-state index >= 15 is 0 Å². The van der Waals surface area contributed by atoms with Crippen LogP contribution in [-0.2, 0) is 4.74 Å². The van der Waals surface area contributed by atoms with Crippen molar-refractivity contribution >= 4 is 0 Å². The minimum atomic E-state index is 0.400. The molecule has 2 rings (SSSR count). The molecule has 1 aliphatic heterocycles. The van der Waals surface area contributed by atoms with E-state index in [9.17, 15) is 0 Å². The van der Waals surface area contributed by atoms with Gasteiger partial charge in [-0.2, -0.15) is 0 Å². The summed E-state index contributed by atoms with van der Waals surface area (Å²) >= 11 is 0. The second-order valence-corrected chi connectivity index (χ2v) is 5.61. The minimum absolute atomic E-state index is 0.400. The maximum absolute atomic E-state index is 5.38. The molecule has 1 aromatic rings. The van der Waals surface area contributed by atoms with Crippen LogP contribution in [-0.4, -0.2) is 43.8 Å². The zero-order chi connectivity index (χ0) is 13.7. The van der Waals surface area contributed by atoms with Crippen LogP contribution in [0.4, 0.5) is 0 Å². The van der Waals surface area contributed by atoms with Crippen LogP contribution in [0.1, 0.15) is 31.0 Å². The molecule has 19 heavy (non-hydrogen) atoms. The van der Waals surface area contributed by atoms with Crippen LogP contribution in [0, 0.1) is 6.92 Å². The minimum Gasteiger partial charge on any atom is -0.379 e. The zero-order valence-corrected chi connectivity index (χ0v) is 12.4. The molecule has 3 heteroatoms. The molecule has 1 saturated heterocycles. The van der Waals surface area contributed by atoms with Crippen LogP contribution in [0.5, 0.6) is 0 Å². The summed E-state index contributed by atoms with van der Waals surface area (Å²) in [7, 11) is 0. The molecule has 0 bridgehead atoms. The molecule has 106 valence electrons. The van der Waals surface area contributed by atoms with Crippen molar-refractivity contribution in [3.8, 4) is 0 Å². The number of rotatable bonds is 5. The van der Waals surface area contributed by atoms with Gasteiger partial charge >= 0.3 is 0 Å². The van der Waals surface area contributed by atoms with E-state index in [1.165, 1.54) is 11.1 Å². The third-order valence-electron chi connectivity index (χ3n) is 3.75. The quantitative estimate of drug-likeness (QED) is 0.881. The van der Waals surface area contributed by atoms with E-state index in [1.807, 2.05) is 0 Å². The van der Waals surface area contributed by atoms with E-state index in [0.29, 0.717) is 12.1 Å². The highest BCUT2D eigenvalue weighted by atomic mass is 16.5. The molecule has 1 heterocycles. The Labute approximate surface area is 116 Å². The monoisotopic (exact) mass is 262 g/mol. The van der Waals surface area contributed by atoms with E-state index in [0.717, 1.165) is 32.8 Å². The zero-order valence-electron chi connectivity index (χ0n) is 12.4. The molecule has 3 nitrogen and oxygen atoms in total. The summed E-state index contributed by atoms with van der Waals surface area (Å²) < 4.78 is 5.38. The first-order chi connectivity index (χ1) is 9.15. The third kappa shape index (κ3) is 4.60. The van der Waals surface area contributed by atoms with Crippen molar-refractivity contribution in [3.63, 3.8) is 0 Å². The SMILES string of the molecule is Cc1ccc(C(C)NC(C)CN2CCOCC2)cc1. The molecule has 0 radical (unpaired) electrons. The molecule has 1 N–H and O–H groups in total. The Balaban J connectivity index is 1.80. The molecule has 0 aromatic heterocycles. The van der Waals surface area contributed by atoms with Gasteiger partial charge in [0.15, 0.2) is 0 Å². The lowest BCUT2D eigenvalue weighted by atomic mass is 10.1. The molecule has 0 saturated carbocycles. The Hall–Kier alpha value is -0.900. The van der Waals surface area contributed by atoms with E-state index in [1.54, 1.807) is 0 Å². The number of benzene rings is 1. The summed E-state index contributed by atoms with van der Waals surface area (Å²) in [6, 6.07) is 9.69. The van der Waals surface area contributed by atoms with Crippen LogP contribution in [0.15, 0.2) is 24.3 Å². The van der Waals surface area contributed by atoms with Gasteiger partial charge in [-0.15, -0.1) is 0 Å². The number of hydrogen-bond donors (Lipinski definition) is 1. The first kappa shape index (κ1) is 14.5. The lowest BCUT2D eigenvalue weighted by Gasteiger charge is -2.30. The Morgan fingerprint density at radius 1 is 1.16 bits per heavy atom. The Morgan fingerprint density at radius 2 is 1.79 bits per heavy atom. The Bertz CT molecular complexity index is 371. The highest BCUT2D eigenvalue weighted by molar-refractivity contribution is 5.23. The average Bonchev–Trinajstić information content (AvgIpc) is 2.40. The molecule has 0 amide bonds. The van der Waals surface area contributed by atoms with E-state index in [2.05, 4.69) is 55.3 Å². The highest BCUT2D eigenvalue weighted by Gasteiger charge is 2.15. The van der Waals surface area contributed by atoms with Crippen molar-refractivity contribution in [2.24, 2.45) is 0 Å². The van der Waals surface area contributed by atoms with E-state index < -0.39 is 0 Å². The normalized spacial score (nSPS) is 20.2. The lowest BCUT2D eigenvalue weighted by Crippen LogP contribution is -2.44. The second-order valence-electron chi connectivity index (χ2n) is 5.61. The Kier molecular flexibility index (Phi) is 5.37. The maximum Gasteiger partial charge on any atom is 0.0594 e. The van der Waals surface area contributed by atoms with Gasteiger partial charge in [0.1, 0.15) is 0 Å². The van der Waals surface area contributed by atoms with Gasteiger partial charge in [0.2, 0.25) is 0 Å². The first-order valence-electron chi connectivity index (χ1n) is 7.28. The van der Waals surface area contributed by atoms with Gasteiger partial charge in [-0.1, -0.05) is 29.8 Å². The van der Waals surface area contributed by atoms with Crippen LogP contribution in [0.2, 0.25) is 0 Å². The largest absolute Gasteiger partial charge is 0.379 e. The predicted molar refractivity (Wildman–Crippen MR) is 79.5 cm³/mol. The fourth-order valence-corrected chi connectivity index (χ4v) is 2.60. The molecule has 1 aromatic carbocycles. The van der Waals surface area contributed by atoms with Gasteiger partial charge in [-0.05, 0) is 26.3 Å². The van der Waals surface area contributed by atoms with Crippen LogP contribution >= 0.6 is 0 Å². The highest BCUT2D eigenvalue weighted by Crippen LogP contribution is 2.14. The van der Waals surface area contributed by atoms with E-state index in [-0.39, 0.29) is 0 Å². The summed E-state index contributed by atoms with van der Waals surface area (Å²) in [4.78, 5) is 2.48. The summed E-state index contributed by atoms with van der Waals surface area (Å²) in [6.07, 6.45) is 0. The molecule has 1 fully saturated rings. The van der Waals surface area contributed by atoms with Crippen LogP contribution in [0.3, 0.4) is 0 Å². The van der Waals surface area contributed by atoms with Crippen molar-refractivity contribution in [1.29, 1.82) is 0 Å². The lowest BCUT2D eigenvalue weighted by molar-refractivity contribution is 0.0339. The second kappa shape index (κ2) is 7.04. The van der Waals surface area contributed by atoms with Crippen molar-refractivity contribution in [3.05, 3.63) is 35.4 Å². The molecule has 0 aliphatic carbocycles. The average molecular weight is 262 g/mol. The smallest absolute Gasteiger partial charge is 0.0594 e. The first-order valence-corrected chi connectivity index (χ1v) is 7.28. The van der Waals surface area contributed by atoms with Gasteiger partial charge in [-0.25, -0.2) is 0 Å². The van der Waals surface area contributed by atoms with Gasteiger partial charge in [0, 0.05) is 31.7 Å². The Morgan fingerprint density at radius 3 is 2.42 bits per heavy atom. The fourth-order valence-electron chi connectivity index (χ4n) is 2.60. The third-order valence-corrected chi connectivity index (χ3v) is 3.75. The van der Waals surface area contributed by atoms with Crippen LogP contribution in [0.25, 0.3) is 0 Å². The van der Waals surface area contributed by atoms with Crippen molar-refractivity contribution < 1.29 is 4.74 Å². The van der Waals surface area contributed by atoms with E-state index in [4.69, 9.17) is 4.74 Å².